The van der Waals surface area contributed by atoms with Crippen LogP contribution in [0, 0.1) is 13.8 Å². The van der Waals surface area contributed by atoms with E-state index in [0.717, 1.165) is 57.8 Å². The zero-order chi connectivity index (χ0) is 40.2. The van der Waals surface area contributed by atoms with Gasteiger partial charge in [0.2, 0.25) is 23.4 Å². The summed E-state index contributed by atoms with van der Waals surface area (Å²) in [5, 5.41) is 22.6. The molecule has 0 radical (unpaired) electrons. The van der Waals surface area contributed by atoms with Gasteiger partial charge in [-0.1, -0.05) is 57.8 Å². The molecule has 2 atom stereocenters. The Labute approximate surface area is 329 Å². The normalized spacial score (nSPS) is 13.3. The van der Waals surface area contributed by atoms with Crippen LogP contribution in [-0.2, 0) is 14.1 Å². The van der Waals surface area contributed by atoms with Gasteiger partial charge in [0.25, 0.3) is 11.8 Å². The number of rotatable bonds is 11. The van der Waals surface area contributed by atoms with E-state index >= 15 is 0 Å². The van der Waals surface area contributed by atoms with E-state index < -0.39 is 12.1 Å². The van der Waals surface area contributed by atoms with Crippen LogP contribution in [0.2, 0.25) is 0 Å². The van der Waals surface area contributed by atoms with Gasteiger partial charge in [0.05, 0.1) is 18.5 Å². The van der Waals surface area contributed by atoms with Crippen LogP contribution in [0.4, 0.5) is 0 Å². The first-order chi connectivity index (χ1) is 27.4. The average molecular weight is 769 g/mol. The topological polar surface area (TPSA) is 181 Å². The molecular formula is C42H44N10O5. The average Bonchev–Trinajstić information content (AvgIpc) is 3.56. The maximum Gasteiger partial charge on any atom is 0.272 e. The Bertz CT molecular complexity index is 2510. The largest absolute Gasteiger partial charge is 0.497 e. The first-order valence-electron chi connectivity index (χ1n) is 18.6. The standard InChI is InChI=1S/C23H23N5O3.C19H21N5O2/c1-14-6-5-7-17(12-14)21-25-23(31-27-21)15(2)24-22(29)19-13-20(28(3)26-19)16-8-10-18(30-4)11-9-16;1-11-5-4-6-14(9-11)17-21-19(26-23-17)12(2)20-18(25)16-10-15(13-7-8-13)22-24(16)3/h5-13,15H,1-4H3,(H,24,29);4-6,9-10,12-13H,7-8H2,1-3H3,(H,20,25). The molecule has 15 heteroatoms. The highest BCUT2D eigenvalue weighted by molar-refractivity contribution is 5.94. The first-order valence-corrected chi connectivity index (χ1v) is 18.6. The van der Waals surface area contributed by atoms with Crippen LogP contribution >= 0.6 is 0 Å². The molecule has 57 heavy (non-hydrogen) atoms. The number of nitrogens with one attached hydrogen (secondary N) is 2. The molecule has 2 unspecified atom stereocenters. The van der Waals surface area contributed by atoms with Gasteiger partial charge in [0.15, 0.2) is 5.69 Å². The van der Waals surface area contributed by atoms with Crippen LogP contribution < -0.4 is 15.4 Å². The molecule has 0 saturated heterocycles. The summed E-state index contributed by atoms with van der Waals surface area (Å²) in [5.74, 6) is 2.46. The third kappa shape index (κ3) is 8.99. The van der Waals surface area contributed by atoms with Crippen LogP contribution in [0.5, 0.6) is 5.75 Å². The molecule has 0 spiro atoms. The lowest BCUT2D eigenvalue weighted by Gasteiger charge is -2.09. The fourth-order valence-corrected chi connectivity index (χ4v) is 6.18. The van der Waals surface area contributed by atoms with E-state index in [-0.39, 0.29) is 11.8 Å². The number of carbonyl (C=O) groups excluding carboxylic acids is 2. The third-order valence-corrected chi connectivity index (χ3v) is 9.50. The van der Waals surface area contributed by atoms with Crippen molar-refractivity contribution in [1.29, 1.82) is 0 Å². The van der Waals surface area contributed by atoms with E-state index in [1.165, 1.54) is 0 Å². The van der Waals surface area contributed by atoms with Gasteiger partial charge in [-0.2, -0.15) is 20.2 Å². The van der Waals surface area contributed by atoms with Crippen molar-refractivity contribution < 1.29 is 23.4 Å². The molecule has 1 fully saturated rings. The van der Waals surface area contributed by atoms with E-state index in [1.54, 1.807) is 43.6 Å². The van der Waals surface area contributed by atoms with Gasteiger partial charge in [0.1, 0.15) is 23.5 Å². The minimum atomic E-state index is -0.468. The highest BCUT2D eigenvalue weighted by Crippen LogP contribution is 2.39. The molecule has 15 nitrogen and oxygen atoms in total. The monoisotopic (exact) mass is 768 g/mol. The second-order valence-electron chi connectivity index (χ2n) is 14.2. The lowest BCUT2D eigenvalue weighted by atomic mass is 10.1. The summed E-state index contributed by atoms with van der Waals surface area (Å²) in [6, 6.07) is 26.0. The molecule has 3 aromatic carbocycles. The number of aromatic nitrogens is 8. The summed E-state index contributed by atoms with van der Waals surface area (Å²) >= 11 is 0. The Balaban J connectivity index is 0.000000177. The summed E-state index contributed by atoms with van der Waals surface area (Å²) in [7, 11) is 5.20. The molecule has 4 aromatic heterocycles. The summed E-state index contributed by atoms with van der Waals surface area (Å²) < 4.78 is 19.2. The second kappa shape index (κ2) is 16.5. The van der Waals surface area contributed by atoms with Crippen molar-refractivity contribution in [3.8, 4) is 39.8 Å². The Morgan fingerprint density at radius 1 is 0.719 bits per heavy atom. The number of benzene rings is 3. The van der Waals surface area contributed by atoms with Gasteiger partial charge >= 0.3 is 0 Å². The fraction of sp³-hybridized carbons (Fsp3) is 0.286. The molecular weight excluding hydrogens is 725 g/mol. The molecule has 1 aliphatic rings. The summed E-state index contributed by atoms with van der Waals surface area (Å²) in [5.41, 5.74) is 7.57. The van der Waals surface area contributed by atoms with Gasteiger partial charge in [0, 0.05) is 36.7 Å². The number of methoxy groups -OCH3 is 1. The Morgan fingerprint density at radius 2 is 1.28 bits per heavy atom. The molecule has 1 aliphatic carbocycles. The molecule has 0 bridgehead atoms. The van der Waals surface area contributed by atoms with Gasteiger partial charge < -0.3 is 24.4 Å². The van der Waals surface area contributed by atoms with E-state index in [1.807, 2.05) is 99.6 Å². The molecule has 292 valence electrons. The smallest absolute Gasteiger partial charge is 0.272 e. The molecule has 7 aromatic rings. The van der Waals surface area contributed by atoms with Gasteiger partial charge in [-0.3, -0.25) is 19.0 Å². The molecule has 2 amide bonds. The Morgan fingerprint density at radius 3 is 1.81 bits per heavy atom. The lowest BCUT2D eigenvalue weighted by molar-refractivity contribution is 0.0916. The van der Waals surface area contributed by atoms with Crippen LogP contribution in [0.1, 0.15) is 94.3 Å². The quantitative estimate of drug-likeness (QED) is 0.137. The summed E-state index contributed by atoms with van der Waals surface area (Å²) in [6.45, 7) is 7.62. The Kier molecular flexibility index (Phi) is 11.1. The second-order valence-corrected chi connectivity index (χ2v) is 14.2. The van der Waals surface area contributed by atoms with Crippen molar-refractivity contribution in [2.45, 2.75) is 58.5 Å². The van der Waals surface area contributed by atoms with Gasteiger partial charge in [-0.25, -0.2) is 0 Å². The van der Waals surface area contributed by atoms with Crippen LogP contribution in [0.15, 0.2) is 94.0 Å². The van der Waals surface area contributed by atoms with E-state index in [4.69, 9.17) is 13.8 Å². The predicted molar refractivity (Wildman–Crippen MR) is 211 cm³/mol. The lowest BCUT2D eigenvalue weighted by Crippen LogP contribution is -2.28. The van der Waals surface area contributed by atoms with E-state index in [0.29, 0.717) is 40.7 Å². The first kappa shape index (κ1) is 38.4. The molecule has 8 rings (SSSR count). The number of hydrogen-bond donors (Lipinski definition) is 2. The van der Waals surface area contributed by atoms with E-state index in [2.05, 4.69) is 41.1 Å². The zero-order valence-corrected chi connectivity index (χ0v) is 32.8. The van der Waals surface area contributed by atoms with Gasteiger partial charge in [-0.15, -0.1) is 0 Å². The van der Waals surface area contributed by atoms with Crippen LogP contribution in [0.25, 0.3) is 34.0 Å². The molecule has 2 N–H and O–H groups in total. The highest BCUT2D eigenvalue weighted by Gasteiger charge is 2.29. The van der Waals surface area contributed by atoms with Crippen molar-refractivity contribution >= 4 is 11.8 Å². The van der Waals surface area contributed by atoms with Crippen LogP contribution in [0.3, 0.4) is 0 Å². The maximum atomic E-state index is 12.8. The number of ether oxygens (including phenoxy) is 1. The molecule has 1 saturated carbocycles. The van der Waals surface area contributed by atoms with Crippen molar-refractivity contribution in [1.82, 2.24) is 50.5 Å². The minimum absolute atomic E-state index is 0.199. The summed E-state index contributed by atoms with van der Waals surface area (Å²) in [6.07, 6.45) is 2.30. The van der Waals surface area contributed by atoms with E-state index in [9.17, 15) is 9.59 Å². The van der Waals surface area contributed by atoms with Crippen LogP contribution in [-0.4, -0.2) is 58.8 Å². The fourth-order valence-electron chi connectivity index (χ4n) is 6.18. The van der Waals surface area contributed by atoms with Crippen molar-refractivity contribution in [3.63, 3.8) is 0 Å². The number of amides is 2. The maximum absolute atomic E-state index is 12.8. The number of carbonyl (C=O) groups is 2. The highest BCUT2D eigenvalue weighted by atomic mass is 16.5. The number of nitrogens with zero attached hydrogens (tertiary/aromatic N) is 8. The molecule has 0 aliphatic heterocycles. The number of aryl methyl sites for hydroxylation is 4. The van der Waals surface area contributed by atoms with Crippen molar-refractivity contribution in [2.75, 3.05) is 7.11 Å². The zero-order valence-electron chi connectivity index (χ0n) is 32.8. The van der Waals surface area contributed by atoms with Crippen molar-refractivity contribution in [3.05, 3.63) is 125 Å². The number of hydrogen-bond acceptors (Lipinski definition) is 11. The predicted octanol–water partition coefficient (Wildman–Crippen LogP) is 7.09. The van der Waals surface area contributed by atoms with Gasteiger partial charge in [-0.05, 0) is 89.1 Å². The van der Waals surface area contributed by atoms with Crippen molar-refractivity contribution in [2.24, 2.45) is 14.1 Å². The minimum Gasteiger partial charge on any atom is -0.497 e. The third-order valence-electron chi connectivity index (χ3n) is 9.50. The summed E-state index contributed by atoms with van der Waals surface area (Å²) in [4.78, 5) is 34.2. The SMILES string of the molecule is COc1ccc(-c2cc(C(=O)NC(C)c3nc(-c4cccc(C)c4)no3)nn2C)cc1.Cc1cccc(-c2noc(C(C)NC(=O)c3cc(C4CC4)nn3C)n2)c1. The molecule has 4 heterocycles. The Hall–Kier alpha value is -6.90.